The molecule has 0 fully saturated rings. The van der Waals surface area contributed by atoms with Crippen LogP contribution in [0.1, 0.15) is 40.0 Å². The summed E-state index contributed by atoms with van der Waals surface area (Å²) in [7, 11) is 0. The fraction of sp³-hybridized carbons (Fsp3) is 0.500. The molecule has 0 N–H and O–H groups in total. The first-order chi connectivity index (χ1) is 7.06. The molecule has 0 spiro atoms. The molecule has 0 radical (unpaired) electrons. The molecule has 0 rings (SSSR count). The lowest BCUT2D eigenvalue weighted by atomic mass is 9.96. The second kappa shape index (κ2) is 8.22. The first kappa shape index (κ1) is 13.9. The second-order valence-electron chi connectivity index (χ2n) is 4.60. The maximum Gasteiger partial charge on any atom is 0.123 e. The Morgan fingerprint density at radius 3 is 2.13 bits per heavy atom. The fourth-order valence-corrected chi connectivity index (χ4v) is 1.02. The van der Waals surface area contributed by atoms with E-state index < -0.39 is 0 Å². The number of carbonyl (C=O) groups excluding carboxylic acids is 1. The molecule has 0 saturated heterocycles. The molecule has 0 aromatic rings. The summed E-state index contributed by atoms with van der Waals surface area (Å²) < 4.78 is 0. The normalized spacial score (nSPS) is 13.3. The maximum absolute atomic E-state index is 9.99. The minimum absolute atomic E-state index is 0.285. The zero-order valence-electron chi connectivity index (χ0n) is 10.1. The van der Waals surface area contributed by atoms with Crippen LogP contribution in [0.4, 0.5) is 0 Å². The molecule has 0 atom stereocenters. The van der Waals surface area contributed by atoms with E-state index in [2.05, 4.69) is 39.0 Å². The minimum Gasteiger partial charge on any atom is -0.303 e. The Bertz CT molecular complexity index is 239. The van der Waals surface area contributed by atoms with Crippen LogP contribution < -0.4 is 0 Å². The number of carbonyl (C=O) groups is 1. The van der Waals surface area contributed by atoms with Crippen LogP contribution in [0.3, 0.4) is 0 Å². The molecule has 0 aromatic heterocycles. The fourth-order valence-electron chi connectivity index (χ4n) is 1.02. The summed E-state index contributed by atoms with van der Waals surface area (Å²) in [6.45, 7) is 6.59. The summed E-state index contributed by atoms with van der Waals surface area (Å²) in [5.41, 5.74) is 0.285. The highest BCUT2D eigenvalue weighted by Crippen LogP contribution is 2.15. The van der Waals surface area contributed by atoms with Crippen LogP contribution in [0.15, 0.2) is 36.5 Å². The van der Waals surface area contributed by atoms with E-state index in [-0.39, 0.29) is 5.41 Å². The standard InChI is InChI=1S/C14H22O/c1-14(2,3)12-10-8-6-4-5-7-9-11-13-15/h4-5,7,9-10,12-13H,6,8,11H2,1-3H3. The van der Waals surface area contributed by atoms with Gasteiger partial charge in [-0.1, -0.05) is 57.2 Å². The molecule has 0 bridgehead atoms. The van der Waals surface area contributed by atoms with Crippen LogP contribution in [0.25, 0.3) is 0 Å². The molecule has 1 heteroatoms. The molecule has 0 aliphatic heterocycles. The van der Waals surface area contributed by atoms with Crippen molar-refractivity contribution in [3.8, 4) is 0 Å². The van der Waals surface area contributed by atoms with Gasteiger partial charge in [0.05, 0.1) is 0 Å². The van der Waals surface area contributed by atoms with E-state index in [1.165, 1.54) is 0 Å². The third-order valence-electron chi connectivity index (χ3n) is 1.73. The van der Waals surface area contributed by atoms with Crippen molar-refractivity contribution in [1.29, 1.82) is 0 Å². The zero-order chi connectivity index (χ0) is 11.6. The zero-order valence-corrected chi connectivity index (χ0v) is 10.1. The summed E-state index contributed by atoms with van der Waals surface area (Å²) in [5, 5.41) is 0. The van der Waals surface area contributed by atoms with Gasteiger partial charge in [0.2, 0.25) is 0 Å². The van der Waals surface area contributed by atoms with Crippen LogP contribution in [0.5, 0.6) is 0 Å². The predicted molar refractivity (Wildman–Crippen MR) is 66.8 cm³/mol. The van der Waals surface area contributed by atoms with Gasteiger partial charge in [0.15, 0.2) is 0 Å². The van der Waals surface area contributed by atoms with Crippen molar-refractivity contribution in [2.45, 2.75) is 40.0 Å². The molecule has 84 valence electrons. The molecular weight excluding hydrogens is 184 g/mol. The van der Waals surface area contributed by atoms with Gasteiger partial charge in [-0.15, -0.1) is 0 Å². The van der Waals surface area contributed by atoms with Crippen molar-refractivity contribution in [1.82, 2.24) is 0 Å². The average molecular weight is 206 g/mol. The van der Waals surface area contributed by atoms with E-state index in [1.807, 2.05) is 18.2 Å². The van der Waals surface area contributed by atoms with Crippen LogP contribution in [-0.4, -0.2) is 6.29 Å². The topological polar surface area (TPSA) is 17.1 Å². The first-order valence-electron chi connectivity index (χ1n) is 5.49. The Kier molecular flexibility index (Phi) is 7.61. The van der Waals surface area contributed by atoms with Gasteiger partial charge in [-0.3, -0.25) is 0 Å². The third-order valence-corrected chi connectivity index (χ3v) is 1.73. The largest absolute Gasteiger partial charge is 0.303 e. The lowest BCUT2D eigenvalue weighted by Crippen LogP contribution is -1.97. The molecule has 0 aromatic carbocycles. The monoisotopic (exact) mass is 206 g/mol. The van der Waals surface area contributed by atoms with E-state index in [9.17, 15) is 4.79 Å². The average Bonchev–Trinajstić information content (AvgIpc) is 2.14. The number of unbranched alkanes of at least 4 members (excludes halogenated alkanes) is 1. The number of hydrogen-bond donors (Lipinski definition) is 0. The van der Waals surface area contributed by atoms with Gasteiger partial charge in [0.25, 0.3) is 0 Å². The van der Waals surface area contributed by atoms with Crippen molar-refractivity contribution in [3.63, 3.8) is 0 Å². The van der Waals surface area contributed by atoms with Gasteiger partial charge in [0, 0.05) is 6.42 Å². The molecule has 1 nitrogen and oxygen atoms in total. The molecule has 0 saturated carbocycles. The molecular formula is C14H22O. The summed E-state index contributed by atoms with van der Waals surface area (Å²) in [6.07, 6.45) is 15.9. The van der Waals surface area contributed by atoms with E-state index in [4.69, 9.17) is 0 Å². The summed E-state index contributed by atoms with van der Waals surface area (Å²) in [4.78, 5) is 9.99. The van der Waals surface area contributed by atoms with Gasteiger partial charge in [-0.05, 0) is 18.3 Å². The summed E-state index contributed by atoms with van der Waals surface area (Å²) >= 11 is 0. The van der Waals surface area contributed by atoms with Gasteiger partial charge < -0.3 is 4.79 Å². The number of hydrogen-bond acceptors (Lipinski definition) is 1. The molecule has 0 heterocycles. The van der Waals surface area contributed by atoms with Crippen molar-refractivity contribution in [2.24, 2.45) is 5.41 Å². The smallest absolute Gasteiger partial charge is 0.123 e. The van der Waals surface area contributed by atoms with Gasteiger partial charge >= 0.3 is 0 Å². The highest BCUT2D eigenvalue weighted by Gasteiger charge is 2.01. The Morgan fingerprint density at radius 1 is 0.933 bits per heavy atom. The highest BCUT2D eigenvalue weighted by molar-refractivity contribution is 5.52. The summed E-state index contributed by atoms with van der Waals surface area (Å²) in [6, 6.07) is 0. The van der Waals surface area contributed by atoms with Gasteiger partial charge in [-0.25, -0.2) is 0 Å². The van der Waals surface area contributed by atoms with E-state index >= 15 is 0 Å². The predicted octanol–water partition coefficient (Wildman–Crippen LogP) is 4.07. The van der Waals surface area contributed by atoms with Crippen molar-refractivity contribution in [3.05, 3.63) is 36.5 Å². The highest BCUT2D eigenvalue weighted by atomic mass is 16.1. The summed E-state index contributed by atoms with van der Waals surface area (Å²) in [5.74, 6) is 0. The quantitative estimate of drug-likeness (QED) is 0.277. The van der Waals surface area contributed by atoms with E-state index in [0.29, 0.717) is 6.42 Å². The molecule has 0 amide bonds. The van der Waals surface area contributed by atoms with E-state index in [1.54, 1.807) is 0 Å². The molecule has 0 aliphatic rings. The SMILES string of the molecule is CC(C)(C)C=CCCC=CC=CCC=O. The number of allylic oxidation sites excluding steroid dienone is 6. The Hall–Kier alpha value is -1.11. The van der Waals surface area contributed by atoms with E-state index in [0.717, 1.165) is 19.1 Å². The van der Waals surface area contributed by atoms with Gasteiger partial charge in [-0.2, -0.15) is 0 Å². The Morgan fingerprint density at radius 2 is 1.53 bits per heavy atom. The minimum atomic E-state index is 0.285. The first-order valence-corrected chi connectivity index (χ1v) is 5.49. The van der Waals surface area contributed by atoms with Crippen molar-refractivity contribution < 1.29 is 4.79 Å². The van der Waals surface area contributed by atoms with Crippen LogP contribution in [0, 0.1) is 5.41 Å². The van der Waals surface area contributed by atoms with Crippen molar-refractivity contribution >= 4 is 6.29 Å². The lowest BCUT2D eigenvalue weighted by molar-refractivity contribution is -0.107. The number of aldehydes is 1. The Labute approximate surface area is 93.6 Å². The number of rotatable bonds is 6. The molecule has 15 heavy (non-hydrogen) atoms. The van der Waals surface area contributed by atoms with Gasteiger partial charge in [0.1, 0.15) is 6.29 Å². The van der Waals surface area contributed by atoms with Crippen LogP contribution in [-0.2, 0) is 4.79 Å². The lowest BCUT2D eigenvalue weighted by Gasteiger charge is -2.10. The van der Waals surface area contributed by atoms with Crippen LogP contribution >= 0.6 is 0 Å². The third kappa shape index (κ3) is 12.9. The Balaban J connectivity index is 3.54. The maximum atomic E-state index is 9.99. The van der Waals surface area contributed by atoms with Crippen LogP contribution in [0.2, 0.25) is 0 Å². The molecule has 0 aliphatic carbocycles. The second-order valence-corrected chi connectivity index (χ2v) is 4.60. The van der Waals surface area contributed by atoms with Crippen molar-refractivity contribution in [2.75, 3.05) is 0 Å². The molecule has 0 unspecified atom stereocenters.